The maximum atomic E-state index is 12.6. The molecule has 138 valence electrons. The van der Waals surface area contributed by atoms with Crippen molar-refractivity contribution >= 4 is 17.2 Å². The molecule has 3 heterocycles. The summed E-state index contributed by atoms with van der Waals surface area (Å²) in [4.78, 5) is 17.2. The summed E-state index contributed by atoms with van der Waals surface area (Å²) in [6.45, 7) is 5.37. The minimum atomic E-state index is -0.186. The zero-order chi connectivity index (χ0) is 18.0. The van der Waals surface area contributed by atoms with E-state index in [1.165, 1.54) is 15.3 Å². The number of ether oxygens (including phenoxy) is 1. The van der Waals surface area contributed by atoms with Crippen molar-refractivity contribution in [1.82, 2.24) is 10.2 Å². The summed E-state index contributed by atoms with van der Waals surface area (Å²) < 4.78 is 6.45. The third-order valence-corrected chi connectivity index (χ3v) is 6.53. The lowest BCUT2D eigenvalue weighted by Gasteiger charge is -2.41. The predicted molar refractivity (Wildman–Crippen MR) is 105 cm³/mol. The van der Waals surface area contributed by atoms with Crippen molar-refractivity contribution in [3.8, 4) is 5.75 Å². The monoisotopic (exact) mass is 370 g/mol. The highest BCUT2D eigenvalue weighted by Gasteiger charge is 2.39. The van der Waals surface area contributed by atoms with Gasteiger partial charge in [-0.2, -0.15) is 0 Å². The van der Waals surface area contributed by atoms with Crippen LogP contribution in [0.4, 0.5) is 0 Å². The molecule has 2 aliphatic rings. The van der Waals surface area contributed by atoms with Gasteiger partial charge in [-0.25, -0.2) is 0 Å². The number of amides is 1. The molecule has 5 heteroatoms. The molecule has 2 aliphatic heterocycles. The van der Waals surface area contributed by atoms with Gasteiger partial charge in [-0.3, -0.25) is 4.79 Å². The smallest absolute Gasteiger partial charge is 0.222 e. The number of carbonyl (C=O) groups is 1. The topological polar surface area (TPSA) is 41.6 Å². The van der Waals surface area contributed by atoms with Crippen molar-refractivity contribution in [3.05, 3.63) is 51.7 Å². The van der Waals surface area contributed by atoms with Crippen LogP contribution in [0, 0.1) is 6.92 Å². The molecule has 2 aromatic rings. The first-order valence-corrected chi connectivity index (χ1v) is 10.3. The van der Waals surface area contributed by atoms with E-state index in [-0.39, 0.29) is 11.5 Å². The summed E-state index contributed by atoms with van der Waals surface area (Å²) in [5.74, 6) is 1.26. The van der Waals surface area contributed by atoms with Crippen LogP contribution in [0.1, 0.15) is 34.6 Å². The van der Waals surface area contributed by atoms with Gasteiger partial charge in [0.05, 0.1) is 0 Å². The standard InChI is InChI=1S/C21H26N2O2S/c1-16-6-7-18(26-16)8-9-20(24)23-12-10-21(11-13-23)15-22-14-17-4-2-3-5-19(17)25-21/h2-7,22H,8-15H2,1H3. The van der Waals surface area contributed by atoms with Gasteiger partial charge in [0, 0.05) is 60.8 Å². The summed E-state index contributed by atoms with van der Waals surface area (Å²) in [7, 11) is 0. The van der Waals surface area contributed by atoms with Crippen LogP contribution >= 0.6 is 11.3 Å². The normalized spacial score (nSPS) is 18.9. The van der Waals surface area contributed by atoms with Crippen LogP contribution in [0.25, 0.3) is 0 Å². The molecule has 0 saturated carbocycles. The molecule has 4 rings (SSSR count). The molecule has 1 aromatic heterocycles. The molecule has 1 amide bonds. The molecule has 26 heavy (non-hydrogen) atoms. The van der Waals surface area contributed by atoms with Gasteiger partial charge in [-0.05, 0) is 31.5 Å². The maximum absolute atomic E-state index is 12.6. The zero-order valence-electron chi connectivity index (χ0n) is 15.3. The second kappa shape index (κ2) is 7.41. The Bertz CT molecular complexity index is 778. The first-order valence-electron chi connectivity index (χ1n) is 9.44. The van der Waals surface area contributed by atoms with Crippen molar-refractivity contribution in [2.24, 2.45) is 0 Å². The van der Waals surface area contributed by atoms with Crippen molar-refractivity contribution in [2.75, 3.05) is 19.6 Å². The van der Waals surface area contributed by atoms with E-state index >= 15 is 0 Å². The van der Waals surface area contributed by atoms with Crippen LogP contribution in [-0.2, 0) is 17.8 Å². The van der Waals surface area contributed by atoms with Crippen LogP contribution in [0.3, 0.4) is 0 Å². The second-order valence-electron chi connectivity index (χ2n) is 7.39. The Kier molecular flexibility index (Phi) is 5.00. The summed E-state index contributed by atoms with van der Waals surface area (Å²) in [6.07, 6.45) is 3.23. The van der Waals surface area contributed by atoms with Crippen molar-refractivity contribution < 1.29 is 9.53 Å². The lowest BCUT2D eigenvalue weighted by Crippen LogP contribution is -2.53. The van der Waals surface area contributed by atoms with Gasteiger partial charge in [0.2, 0.25) is 5.91 Å². The zero-order valence-corrected chi connectivity index (χ0v) is 16.1. The van der Waals surface area contributed by atoms with E-state index in [0.29, 0.717) is 6.42 Å². The van der Waals surface area contributed by atoms with Gasteiger partial charge in [-0.1, -0.05) is 18.2 Å². The highest BCUT2D eigenvalue weighted by Crippen LogP contribution is 2.33. The molecule has 0 unspecified atom stereocenters. The fourth-order valence-corrected chi connectivity index (χ4v) is 4.78. The van der Waals surface area contributed by atoms with Gasteiger partial charge >= 0.3 is 0 Å². The largest absolute Gasteiger partial charge is 0.485 e. The average Bonchev–Trinajstić information content (AvgIpc) is 2.98. The quantitative estimate of drug-likeness (QED) is 0.899. The van der Waals surface area contributed by atoms with Crippen LogP contribution in [0.2, 0.25) is 0 Å². The van der Waals surface area contributed by atoms with E-state index in [2.05, 4.69) is 42.6 Å². The van der Waals surface area contributed by atoms with Gasteiger partial charge in [0.25, 0.3) is 0 Å². The Balaban J connectivity index is 1.34. The third-order valence-electron chi connectivity index (χ3n) is 5.47. The molecule has 0 bridgehead atoms. The van der Waals surface area contributed by atoms with Crippen molar-refractivity contribution in [3.63, 3.8) is 0 Å². The van der Waals surface area contributed by atoms with E-state index in [4.69, 9.17) is 4.74 Å². The van der Waals surface area contributed by atoms with Crippen LogP contribution in [-0.4, -0.2) is 36.0 Å². The van der Waals surface area contributed by atoms with Gasteiger partial charge < -0.3 is 15.0 Å². The SMILES string of the molecule is Cc1ccc(CCC(=O)N2CCC3(CC2)CNCc2ccccc2O3)s1. The van der Waals surface area contributed by atoms with E-state index < -0.39 is 0 Å². The summed E-state index contributed by atoms with van der Waals surface area (Å²) >= 11 is 1.79. The molecule has 0 radical (unpaired) electrons. The molecule has 4 nitrogen and oxygen atoms in total. The van der Waals surface area contributed by atoms with Crippen LogP contribution < -0.4 is 10.1 Å². The van der Waals surface area contributed by atoms with Gasteiger partial charge in [-0.15, -0.1) is 11.3 Å². The van der Waals surface area contributed by atoms with Crippen LogP contribution in [0.15, 0.2) is 36.4 Å². The van der Waals surface area contributed by atoms with Crippen LogP contribution in [0.5, 0.6) is 5.75 Å². The molecule has 0 atom stereocenters. The first-order chi connectivity index (χ1) is 12.6. The number of aryl methyl sites for hydroxylation is 2. The number of nitrogens with zero attached hydrogens (tertiary/aromatic N) is 1. The fraction of sp³-hybridized carbons (Fsp3) is 0.476. The molecule has 1 N–H and O–H groups in total. The number of carbonyl (C=O) groups excluding carboxylic acids is 1. The summed E-state index contributed by atoms with van der Waals surface area (Å²) in [5, 5.41) is 3.53. The number of piperidine rings is 1. The Morgan fingerprint density at radius 3 is 2.81 bits per heavy atom. The second-order valence-corrected chi connectivity index (χ2v) is 8.76. The lowest BCUT2D eigenvalue weighted by molar-refractivity contribution is -0.134. The molecule has 1 aromatic carbocycles. The molecular formula is C21H26N2O2S. The van der Waals surface area contributed by atoms with Gasteiger partial charge in [0.15, 0.2) is 0 Å². The van der Waals surface area contributed by atoms with Gasteiger partial charge in [0.1, 0.15) is 11.4 Å². The molecule has 1 spiro atoms. The van der Waals surface area contributed by atoms with Crippen molar-refractivity contribution in [1.29, 1.82) is 0 Å². The number of rotatable bonds is 3. The number of hydrogen-bond acceptors (Lipinski definition) is 4. The number of hydrogen-bond donors (Lipinski definition) is 1. The van der Waals surface area contributed by atoms with Crippen molar-refractivity contribution in [2.45, 2.75) is 44.8 Å². The summed E-state index contributed by atoms with van der Waals surface area (Å²) in [6, 6.07) is 12.5. The first kappa shape index (κ1) is 17.6. The fourth-order valence-electron chi connectivity index (χ4n) is 3.89. The third kappa shape index (κ3) is 3.79. The Morgan fingerprint density at radius 1 is 1.23 bits per heavy atom. The highest BCUT2D eigenvalue weighted by molar-refractivity contribution is 7.11. The number of likely N-dealkylation sites (tertiary alicyclic amines) is 1. The number of benzene rings is 1. The molecular weight excluding hydrogens is 344 g/mol. The minimum absolute atomic E-state index is 0.186. The number of nitrogens with one attached hydrogen (secondary N) is 1. The Hall–Kier alpha value is -1.85. The minimum Gasteiger partial charge on any atom is -0.485 e. The Morgan fingerprint density at radius 2 is 2.04 bits per heavy atom. The lowest BCUT2D eigenvalue weighted by atomic mass is 9.90. The predicted octanol–water partition coefficient (Wildman–Crippen LogP) is 3.53. The molecule has 1 fully saturated rings. The van der Waals surface area contributed by atoms with E-state index in [0.717, 1.165) is 51.2 Å². The number of para-hydroxylation sites is 1. The van der Waals surface area contributed by atoms with E-state index in [1.807, 2.05) is 11.0 Å². The maximum Gasteiger partial charge on any atom is 0.222 e. The summed E-state index contributed by atoms with van der Waals surface area (Å²) in [5.41, 5.74) is 1.03. The van der Waals surface area contributed by atoms with E-state index in [1.54, 1.807) is 11.3 Å². The number of thiophene rings is 1. The Labute approximate surface area is 159 Å². The average molecular weight is 371 g/mol. The highest BCUT2D eigenvalue weighted by atomic mass is 32.1. The number of fused-ring (bicyclic) bond motifs is 1. The molecule has 1 saturated heterocycles. The van der Waals surface area contributed by atoms with E-state index in [9.17, 15) is 4.79 Å². The molecule has 0 aliphatic carbocycles.